The number of carbonyl (C=O) groups excluding carboxylic acids is 1. The molecule has 0 saturated carbocycles. The van der Waals surface area contributed by atoms with Gasteiger partial charge < -0.3 is 41.0 Å². The number of rotatable bonds is 12. The zero-order valence-corrected chi connectivity index (χ0v) is 27.2. The second kappa shape index (κ2) is 16.5. The van der Waals surface area contributed by atoms with Crippen LogP contribution in [-0.2, 0) is 14.3 Å². The molecule has 12 heteroatoms. The number of ether oxygens (including phenoxy) is 3. The van der Waals surface area contributed by atoms with Gasteiger partial charge in [-0.3, -0.25) is 4.79 Å². The molecule has 1 amide bonds. The number of anilines is 1. The van der Waals surface area contributed by atoms with Crippen molar-refractivity contribution in [3.8, 4) is 5.75 Å². The Hall–Kier alpha value is -3.02. The third-order valence-electron chi connectivity index (χ3n) is 8.35. The first-order valence-electron chi connectivity index (χ1n) is 15.2. The van der Waals surface area contributed by atoms with Gasteiger partial charge in [-0.05, 0) is 86.7 Å². The molecule has 0 bridgehead atoms. The number of piperidine rings is 1. The lowest BCUT2D eigenvalue weighted by Crippen LogP contribution is -2.42. The Morgan fingerprint density at radius 2 is 2.07 bits per heavy atom. The number of nitrogens with two attached hydrogens (primary N) is 1. The van der Waals surface area contributed by atoms with Crippen molar-refractivity contribution in [1.82, 2.24) is 10.6 Å². The number of hydrogen-bond acceptors (Lipinski definition) is 8. The SMILES string of the molecule is C=C1C=C(OCC2CCNCC2)[C@@H](OC)C(C)/C1=C(/C=C\N)Oc1ccc(NC(O)C(=O)NCC2CCC(Cl)=CC2Cl)cc1F. The molecule has 0 spiro atoms. The van der Waals surface area contributed by atoms with Gasteiger partial charge in [0, 0.05) is 41.9 Å². The molecule has 0 radical (unpaired) electrons. The molecule has 4 rings (SSSR count). The van der Waals surface area contributed by atoms with Gasteiger partial charge in [-0.15, -0.1) is 11.6 Å². The van der Waals surface area contributed by atoms with Gasteiger partial charge >= 0.3 is 0 Å². The largest absolute Gasteiger partial charge is 0.495 e. The topological polar surface area (TPSA) is 127 Å². The fourth-order valence-electron chi connectivity index (χ4n) is 5.81. The van der Waals surface area contributed by atoms with Crippen LogP contribution in [0.5, 0.6) is 5.75 Å². The molecule has 2 aliphatic carbocycles. The van der Waals surface area contributed by atoms with Crippen molar-refractivity contribution in [2.75, 3.05) is 38.7 Å². The number of hydrogen-bond donors (Lipinski definition) is 5. The Bertz CT molecular complexity index is 1340. The number of carbonyl (C=O) groups is 1. The minimum Gasteiger partial charge on any atom is -0.495 e. The molecule has 6 N–H and O–H groups in total. The van der Waals surface area contributed by atoms with Crippen LogP contribution in [0.15, 0.2) is 76.9 Å². The van der Waals surface area contributed by atoms with Gasteiger partial charge in [0.15, 0.2) is 11.6 Å². The third-order valence-corrected chi connectivity index (χ3v) is 9.15. The zero-order chi connectivity index (χ0) is 32.5. The van der Waals surface area contributed by atoms with E-state index in [1.165, 1.54) is 18.3 Å². The quantitative estimate of drug-likeness (QED) is 0.120. The van der Waals surface area contributed by atoms with E-state index < -0.39 is 24.1 Å². The minimum atomic E-state index is -1.61. The number of alkyl halides is 1. The highest BCUT2D eigenvalue weighted by atomic mass is 35.5. The maximum Gasteiger partial charge on any atom is 0.269 e. The molecule has 1 heterocycles. The van der Waals surface area contributed by atoms with Crippen molar-refractivity contribution in [2.24, 2.45) is 23.5 Å². The highest BCUT2D eigenvalue weighted by Crippen LogP contribution is 2.38. The fourth-order valence-corrected chi connectivity index (χ4v) is 6.49. The molecule has 1 aromatic rings. The average Bonchev–Trinajstić information content (AvgIpc) is 3.01. The van der Waals surface area contributed by atoms with Gasteiger partial charge in [0.25, 0.3) is 5.91 Å². The Labute approximate surface area is 274 Å². The van der Waals surface area contributed by atoms with E-state index in [1.807, 2.05) is 13.0 Å². The molecular formula is C33H43Cl2FN4O5. The molecule has 1 fully saturated rings. The molecule has 1 aliphatic heterocycles. The first kappa shape index (κ1) is 34.8. The lowest BCUT2D eigenvalue weighted by atomic mass is 9.82. The average molecular weight is 666 g/mol. The summed E-state index contributed by atoms with van der Waals surface area (Å²) < 4.78 is 33.3. The van der Waals surface area contributed by atoms with E-state index in [-0.39, 0.29) is 35.2 Å². The van der Waals surface area contributed by atoms with E-state index in [0.717, 1.165) is 38.4 Å². The van der Waals surface area contributed by atoms with Crippen molar-refractivity contribution in [3.05, 3.63) is 82.7 Å². The van der Waals surface area contributed by atoms with Gasteiger partial charge in [-0.25, -0.2) is 4.39 Å². The number of aliphatic hydroxyl groups is 1. The first-order chi connectivity index (χ1) is 21.6. The third kappa shape index (κ3) is 9.26. The van der Waals surface area contributed by atoms with Crippen LogP contribution >= 0.6 is 23.2 Å². The van der Waals surface area contributed by atoms with Gasteiger partial charge in [-0.2, -0.15) is 0 Å². The summed E-state index contributed by atoms with van der Waals surface area (Å²) in [6.07, 6.45) is 7.96. The monoisotopic (exact) mass is 664 g/mol. The van der Waals surface area contributed by atoms with Gasteiger partial charge in [-0.1, -0.05) is 31.2 Å². The number of aliphatic hydroxyl groups excluding tert-OH is 1. The first-order valence-corrected chi connectivity index (χ1v) is 16.0. The highest BCUT2D eigenvalue weighted by Gasteiger charge is 2.34. The Morgan fingerprint density at radius 3 is 2.73 bits per heavy atom. The summed E-state index contributed by atoms with van der Waals surface area (Å²) in [4.78, 5) is 12.5. The van der Waals surface area contributed by atoms with Crippen LogP contribution in [0.4, 0.5) is 10.1 Å². The Morgan fingerprint density at radius 1 is 1.31 bits per heavy atom. The number of amides is 1. The summed E-state index contributed by atoms with van der Waals surface area (Å²) in [6, 6.07) is 4.03. The summed E-state index contributed by atoms with van der Waals surface area (Å²) in [6.45, 7) is 9.02. The lowest BCUT2D eigenvalue weighted by Gasteiger charge is -2.34. The number of allylic oxidation sites excluding steroid dienone is 5. The molecule has 0 aromatic heterocycles. The van der Waals surface area contributed by atoms with Crippen molar-refractivity contribution in [1.29, 1.82) is 0 Å². The van der Waals surface area contributed by atoms with Gasteiger partial charge in [0.05, 0.1) is 12.0 Å². The Balaban J connectivity index is 1.42. The second-order valence-corrected chi connectivity index (χ2v) is 12.5. The highest BCUT2D eigenvalue weighted by molar-refractivity contribution is 6.31. The van der Waals surface area contributed by atoms with Gasteiger partial charge in [0.1, 0.15) is 17.6 Å². The molecule has 45 heavy (non-hydrogen) atoms. The molecule has 4 unspecified atom stereocenters. The predicted molar refractivity (Wildman–Crippen MR) is 175 cm³/mol. The number of methoxy groups -OCH3 is 1. The lowest BCUT2D eigenvalue weighted by molar-refractivity contribution is -0.128. The van der Waals surface area contributed by atoms with E-state index >= 15 is 4.39 Å². The van der Waals surface area contributed by atoms with Crippen molar-refractivity contribution in [2.45, 2.75) is 50.3 Å². The van der Waals surface area contributed by atoms with E-state index in [1.54, 1.807) is 19.3 Å². The molecular weight excluding hydrogens is 622 g/mol. The van der Waals surface area contributed by atoms with Crippen LogP contribution in [-0.4, -0.2) is 62.1 Å². The molecule has 1 aromatic carbocycles. The summed E-state index contributed by atoms with van der Waals surface area (Å²) in [5, 5.41) is 19.4. The summed E-state index contributed by atoms with van der Waals surface area (Å²) in [5.74, 6) is -0.241. The van der Waals surface area contributed by atoms with Crippen LogP contribution in [0.1, 0.15) is 32.6 Å². The number of benzene rings is 1. The molecule has 246 valence electrons. The predicted octanol–water partition coefficient (Wildman–Crippen LogP) is 5.04. The van der Waals surface area contributed by atoms with Crippen LogP contribution in [0.25, 0.3) is 0 Å². The number of nitrogens with one attached hydrogen (secondary N) is 3. The standard InChI is InChI=1S/C33H43Cl2FN4O5/c1-19-14-29(44-18-21-9-12-38-13-10-21)31(43-3)20(2)30(19)28(8-11-37)45-27-7-6-24(16-26(27)36)40-33(42)32(41)39-17-22-4-5-23(34)15-25(22)35/h6-8,11,14-16,20-22,25,31,33,38,40,42H,1,4-5,9-10,12-13,17-18,37H2,2-3H3,(H,39,41)/b11-8-,30-28-/t20?,22?,25?,31-,33?/m0/s1. The van der Waals surface area contributed by atoms with E-state index in [2.05, 4.69) is 22.5 Å². The van der Waals surface area contributed by atoms with E-state index in [9.17, 15) is 9.90 Å². The summed E-state index contributed by atoms with van der Waals surface area (Å²) in [5.41, 5.74) is 7.27. The Kier molecular flexibility index (Phi) is 12.8. The van der Waals surface area contributed by atoms with Crippen LogP contribution in [0.2, 0.25) is 0 Å². The van der Waals surface area contributed by atoms with Crippen molar-refractivity contribution >= 4 is 34.8 Å². The maximum atomic E-state index is 15.3. The number of halogens is 3. The molecule has 3 aliphatic rings. The second-order valence-electron chi connectivity index (χ2n) is 11.6. The summed E-state index contributed by atoms with van der Waals surface area (Å²) in [7, 11) is 1.62. The minimum absolute atomic E-state index is 0.0128. The normalized spacial score (nSPS) is 26.1. The van der Waals surface area contributed by atoms with E-state index in [0.29, 0.717) is 46.6 Å². The van der Waals surface area contributed by atoms with Gasteiger partial charge in [0.2, 0.25) is 6.23 Å². The van der Waals surface area contributed by atoms with Crippen molar-refractivity contribution < 1.29 is 28.5 Å². The maximum absolute atomic E-state index is 15.3. The van der Waals surface area contributed by atoms with Crippen LogP contribution < -0.4 is 26.4 Å². The molecule has 9 nitrogen and oxygen atoms in total. The summed E-state index contributed by atoms with van der Waals surface area (Å²) >= 11 is 12.3. The molecule has 5 atom stereocenters. The van der Waals surface area contributed by atoms with E-state index in [4.69, 9.17) is 43.1 Å². The smallest absolute Gasteiger partial charge is 0.269 e. The van der Waals surface area contributed by atoms with Crippen LogP contribution in [0, 0.1) is 23.6 Å². The molecule has 1 saturated heterocycles. The van der Waals surface area contributed by atoms with Crippen LogP contribution in [0.3, 0.4) is 0 Å². The fraction of sp³-hybridized carbons (Fsp3) is 0.485. The van der Waals surface area contributed by atoms with Crippen molar-refractivity contribution in [3.63, 3.8) is 0 Å². The zero-order valence-electron chi connectivity index (χ0n) is 25.7.